The van der Waals surface area contributed by atoms with Crippen LogP contribution in [0.2, 0.25) is 0 Å². The van der Waals surface area contributed by atoms with Gasteiger partial charge >= 0.3 is 0 Å². The molecule has 5 nitrogen and oxygen atoms in total. The zero-order valence-corrected chi connectivity index (χ0v) is 10.7. The summed E-state index contributed by atoms with van der Waals surface area (Å²) in [7, 11) is 1.73. The molecule has 1 rings (SSSR count). The van der Waals surface area contributed by atoms with Crippen LogP contribution in [0.5, 0.6) is 0 Å². The Morgan fingerprint density at radius 3 is 2.69 bits per heavy atom. The lowest BCUT2D eigenvalue weighted by Crippen LogP contribution is -2.13. The number of anilines is 1. The van der Waals surface area contributed by atoms with Gasteiger partial charge in [-0.3, -0.25) is 4.57 Å². The van der Waals surface area contributed by atoms with E-state index in [4.69, 9.17) is 4.74 Å². The van der Waals surface area contributed by atoms with Crippen LogP contribution in [0, 0.1) is 5.92 Å². The normalized spacial score (nSPS) is 12.8. The van der Waals surface area contributed by atoms with Crippen molar-refractivity contribution in [3.8, 4) is 0 Å². The first-order valence-electron chi connectivity index (χ1n) is 5.87. The molecular weight excluding hydrogens is 204 g/mol. The monoisotopic (exact) mass is 226 g/mol. The molecule has 1 N–H and O–H groups in total. The Balaban J connectivity index is 2.71. The second kappa shape index (κ2) is 6.48. The third-order valence-corrected chi connectivity index (χ3v) is 2.46. The molecule has 0 aliphatic rings. The van der Waals surface area contributed by atoms with Crippen molar-refractivity contribution in [2.75, 3.05) is 25.6 Å². The number of nitrogens with one attached hydrogen (secondary N) is 1. The van der Waals surface area contributed by atoms with Crippen molar-refractivity contribution in [2.45, 2.75) is 33.7 Å². The minimum atomic E-state index is 0.467. The topological polar surface area (TPSA) is 52.0 Å². The summed E-state index contributed by atoms with van der Waals surface area (Å²) in [5, 5.41) is 11.6. The summed E-state index contributed by atoms with van der Waals surface area (Å²) < 4.78 is 7.25. The highest BCUT2D eigenvalue weighted by Crippen LogP contribution is 2.12. The van der Waals surface area contributed by atoms with Crippen LogP contribution in [-0.2, 0) is 17.7 Å². The summed E-state index contributed by atoms with van der Waals surface area (Å²) in [6.45, 7) is 8.84. The van der Waals surface area contributed by atoms with Crippen LogP contribution in [0.1, 0.15) is 26.6 Å². The Labute approximate surface area is 97.2 Å². The SMILES string of the molecule is CCNc1nnc(CC(C)COC)n1CC. The molecule has 16 heavy (non-hydrogen) atoms. The number of methoxy groups -OCH3 is 1. The van der Waals surface area contributed by atoms with Crippen molar-refractivity contribution in [2.24, 2.45) is 5.92 Å². The van der Waals surface area contributed by atoms with E-state index in [1.807, 2.05) is 0 Å². The number of ether oxygens (including phenoxy) is 1. The molecule has 92 valence electrons. The van der Waals surface area contributed by atoms with Gasteiger partial charge in [-0.2, -0.15) is 0 Å². The highest BCUT2D eigenvalue weighted by molar-refractivity contribution is 5.25. The van der Waals surface area contributed by atoms with E-state index in [-0.39, 0.29) is 0 Å². The highest BCUT2D eigenvalue weighted by atomic mass is 16.5. The van der Waals surface area contributed by atoms with E-state index in [9.17, 15) is 0 Å². The molecular formula is C11H22N4O. The summed E-state index contributed by atoms with van der Waals surface area (Å²) in [5.41, 5.74) is 0. The second-order valence-corrected chi connectivity index (χ2v) is 3.98. The van der Waals surface area contributed by atoms with E-state index in [2.05, 4.69) is 40.9 Å². The van der Waals surface area contributed by atoms with Crippen LogP contribution < -0.4 is 5.32 Å². The molecule has 0 spiro atoms. The Hall–Kier alpha value is -1.10. The van der Waals surface area contributed by atoms with E-state index >= 15 is 0 Å². The summed E-state index contributed by atoms with van der Waals surface area (Å²) in [4.78, 5) is 0. The molecule has 0 aliphatic heterocycles. The highest BCUT2D eigenvalue weighted by Gasteiger charge is 2.12. The van der Waals surface area contributed by atoms with Crippen LogP contribution in [0.25, 0.3) is 0 Å². The van der Waals surface area contributed by atoms with Crippen molar-refractivity contribution in [3.05, 3.63) is 5.82 Å². The number of rotatable bonds is 7. The van der Waals surface area contributed by atoms with Crippen LogP contribution in [0.15, 0.2) is 0 Å². The fraction of sp³-hybridized carbons (Fsp3) is 0.818. The standard InChI is InChI=1S/C11H22N4O/c1-5-12-11-14-13-10(15(11)6-2)7-9(3)8-16-4/h9H,5-8H2,1-4H3,(H,12,14). The summed E-state index contributed by atoms with van der Waals surface area (Å²) in [5.74, 6) is 2.36. The molecule has 0 bridgehead atoms. The molecule has 0 fully saturated rings. The molecule has 0 saturated carbocycles. The lowest BCUT2D eigenvalue weighted by molar-refractivity contribution is 0.158. The third kappa shape index (κ3) is 3.20. The van der Waals surface area contributed by atoms with Crippen LogP contribution in [0.4, 0.5) is 5.95 Å². The summed E-state index contributed by atoms with van der Waals surface area (Å²) >= 11 is 0. The summed E-state index contributed by atoms with van der Waals surface area (Å²) in [6, 6.07) is 0. The largest absolute Gasteiger partial charge is 0.384 e. The van der Waals surface area contributed by atoms with E-state index in [1.165, 1.54) is 0 Å². The molecule has 0 aromatic carbocycles. The maximum atomic E-state index is 5.13. The molecule has 0 saturated heterocycles. The van der Waals surface area contributed by atoms with Gasteiger partial charge in [0.15, 0.2) is 0 Å². The number of hydrogen-bond donors (Lipinski definition) is 1. The van der Waals surface area contributed by atoms with Gasteiger partial charge in [0.25, 0.3) is 0 Å². The summed E-state index contributed by atoms with van der Waals surface area (Å²) in [6.07, 6.45) is 0.903. The predicted octanol–water partition coefficient (Wildman–Crippen LogP) is 1.55. The molecule has 1 heterocycles. The fourth-order valence-corrected chi connectivity index (χ4v) is 1.76. The first kappa shape index (κ1) is 13.0. The number of nitrogens with zero attached hydrogens (tertiary/aromatic N) is 3. The van der Waals surface area contributed by atoms with Crippen LogP contribution in [0.3, 0.4) is 0 Å². The number of hydrogen-bond acceptors (Lipinski definition) is 4. The minimum absolute atomic E-state index is 0.467. The molecule has 1 aromatic heterocycles. The van der Waals surface area contributed by atoms with Gasteiger partial charge in [-0.05, 0) is 19.8 Å². The van der Waals surface area contributed by atoms with E-state index in [0.717, 1.165) is 37.9 Å². The van der Waals surface area contributed by atoms with Crippen molar-refractivity contribution < 1.29 is 4.74 Å². The van der Waals surface area contributed by atoms with Crippen molar-refractivity contribution in [3.63, 3.8) is 0 Å². The van der Waals surface area contributed by atoms with Crippen molar-refractivity contribution >= 4 is 5.95 Å². The average molecular weight is 226 g/mol. The van der Waals surface area contributed by atoms with Crippen LogP contribution in [-0.4, -0.2) is 35.0 Å². The maximum Gasteiger partial charge on any atom is 0.224 e. The lowest BCUT2D eigenvalue weighted by Gasteiger charge is -2.11. The molecule has 0 radical (unpaired) electrons. The Morgan fingerprint density at radius 1 is 1.38 bits per heavy atom. The van der Waals surface area contributed by atoms with Crippen molar-refractivity contribution in [1.29, 1.82) is 0 Å². The van der Waals surface area contributed by atoms with Gasteiger partial charge in [0.05, 0.1) is 0 Å². The van der Waals surface area contributed by atoms with Gasteiger partial charge in [-0.15, -0.1) is 10.2 Å². The molecule has 0 aliphatic carbocycles. The molecule has 5 heteroatoms. The lowest BCUT2D eigenvalue weighted by atomic mass is 10.1. The van der Waals surface area contributed by atoms with E-state index < -0.39 is 0 Å². The fourth-order valence-electron chi connectivity index (χ4n) is 1.76. The minimum Gasteiger partial charge on any atom is -0.384 e. The average Bonchev–Trinajstić information content (AvgIpc) is 2.61. The zero-order chi connectivity index (χ0) is 12.0. The number of aromatic nitrogens is 3. The van der Waals surface area contributed by atoms with E-state index in [0.29, 0.717) is 5.92 Å². The Morgan fingerprint density at radius 2 is 2.12 bits per heavy atom. The van der Waals surface area contributed by atoms with Gasteiger partial charge in [0, 0.05) is 33.2 Å². The quantitative estimate of drug-likeness (QED) is 0.766. The predicted molar refractivity (Wildman–Crippen MR) is 64.6 cm³/mol. The van der Waals surface area contributed by atoms with E-state index in [1.54, 1.807) is 7.11 Å². The van der Waals surface area contributed by atoms with Crippen LogP contribution >= 0.6 is 0 Å². The van der Waals surface area contributed by atoms with Gasteiger partial charge in [0.1, 0.15) is 5.82 Å². The Kier molecular flexibility index (Phi) is 5.25. The molecule has 1 aromatic rings. The molecule has 0 amide bonds. The Bertz CT molecular complexity index is 311. The van der Waals surface area contributed by atoms with Gasteiger partial charge in [-0.25, -0.2) is 0 Å². The van der Waals surface area contributed by atoms with Gasteiger partial charge < -0.3 is 10.1 Å². The maximum absolute atomic E-state index is 5.13. The van der Waals surface area contributed by atoms with Crippen molar-refractivity contribution in [1.82, 2.24) is 14.8 Å². The van der Waals surface area contributed by atoms with Gasteiger partial charge in [-0.1, -0.05) is 6.92 Å². The first-order valence-corrected chi connectivity index (χ1v) is 5.87. The zero-order valence-electron chi connectivity index (χ0n) is 10.7. The second-order valence-electron chi connectivity index (χ2n) is 3.98. The smallest absolute Gasteiger partial charge is 0.224 e. The molecule has 1 unspecified atom stereocenters. The first-order chi connectivity index (χ1) is 7.72. The van der Waals surface area contributed by atoms with Gasteiger partial charge in [0.2, 0.25) is 5.95 Å². The third-order valence-electron chi connectivity index (χ3n) is 2.46. The molecule has 1 atom stereocenters.